The van der Waals surface area contributed by atoms with Gasteiger partial charge < -0.3 is 78.4 Å². The lowest BCUT2D eigenvalue weighted by molar-refractivity contribution is -0.388. The maximum Gasteiger partial charge on any atom is 0.306 e. The summed E-state index contributed by atoms with van der Waals surface area (Å²) < 4.78 is 56.4. The normalized spacial score (nSPS) is 53.5. The molecule has 0 bridgehead atoms. The van der Waals surface area contributed by atoms with Crippen molar-refractivity contribution >= 4 is 5.97 Å². The minimum Gasteiger partial charge on any atom is -0.457 e. The van der Waals surface area contributed by atoms with E-state index in [1.165, 1.54) is 12.5 Å². The van der Waals surface area contributed by atoms with Gasteiger partial charge in [0.15, 0.2) is 30.8 Å². The van der Waals surface area contributed by atoms with Crippen molar-refractivity contribution < 1.29 is 83.2 Å². The van der Waals surface area contributed by atoms with E-state index in [0.29, 0.717) is 54.8 Å². The highest BCUT2D eigenvalue weighted by atomic mass is 16.8. The summed E-state index contributed by atoms with van der Waals surface area (Å²) in [7, 11) is 0. The molecule has 3 saturated carbocycles. The predicted molar refractivity (Wildman–Crippen MR) is 241 cm³/mol. The monoisotopic (exact) mass is 967 g/mol. The number of esters is 1. The van der Waals surface area contributed by atoms with Crippen LogP contribution in [0.1, 0.15) is 132 Å². The number of fused-ring (bicyclic) bond motifs is 7. The Hall–Kier alpha value is -1.39. The standard InChI is InChI=1S/C51H82O17/c1-8-9-10-11-35(53)65-43-27(5)62-47(41(58)39(43)56)66-44-34(22-52)64-48(45(42(44)59)67-46-40(57)38(55)37(54)26(4)61-46)63-29-15-17-49(6)28(20-29)12-13-30-31(49)16-18-50(7)32(30)21-33-36(50)25(3)51(68-33)19-14-24(2)23-60-51/h12,24-27,29-34,36-48,52,54-59H,8-11,13-23H2,1-7H3/t24-,25+,26-,27-,29+,30-,31+,32+,33+,34-,36+,37-,38+,39-,40+,41+,42+,43-,44-,45-,46-,47-,48-,49+,50+,51-/m1/s1. The molecule has 17 nitrogen and oxygen atoms in total. The van der Waals surface area contributed by atoms with E-state index >= 15 is 0 Å². The second-order valence-electron chi connectivity index (χ2n) is 23.0. The minimum absolute atomic E-state index is 0.0321. The molecule has 5 saturated heterocycles. The van der Waals surface area contributed by atoms with Crippen molar-refractivity contribution in [2.45, 2.75) is 242 Å². The first-order chi connectivity index (χ1) is 32.3. The third kappa shape index (κ3) is 9.09. The van der Waals surface area contributed by atoms with Gasteiger partial charge in [0.25, 0.3) is 0 Å². The van der Waals surface area contributed by atoms with Crippen LogP contribution in [-0.2, 0) is 47.4 Å². The number of unbranched alkanes of at least 4 members (excludes halogenated alkanes) is 2. The Morgan fingerprint density at radius 3 is 2.18 bits per heavy atom. The van der Waals surface area contributed by atoms with Crippen LogP contribution in [0.4, 0.5) is 0 Å². The molecule has 68 heavy (non-hydrogen) atoms. The van der Waals surface area contributed by atoms with E-state index in [4.69, 9.17) is 42.6 Å². The first-order valence-electron chi connectivity index (χ1n) is 26.2. The molecule has 0 aromatic rings. The van der Waals surface area contributed by atoms with E-state index in [9.17, 15) is 40.5 Å². The van der Waals surface area contributed by atoms with E-state index in [-0.39, 0.29) is 29.5 Å². The fraction of sp³-hybridized carbons (Fsp3) is 0.941. The van der Waals surface area contributed by atoms with E-state index in [1.807, 2.05) is 6.92 Å². The Kier molecular flexibility index (Phi) is 15.3. The third-order valence-electron chi connectivity index (χ3n) is 18.9. The van der Waals surface area contributed by atoms with Gasteiger partial charge in [-0.25, -0.2) is 0 Å². The molecule has 8 fully saturated rings. The average molecular weight is 967 g/mol. The zero-order valence-corrected chi connectivity index (χ0v) is 41.2. The Bertz CT molecular complexity index is 1780. The molecule has 5 heterocycles. The zero-order valence-electron chi connectivity index (χ0n) is 41.2. The second kappa shape index (κ2) is 20.1. The highest BCUT2D eigenvalue weighted by molar-refractivity contribution is 5.69. The second-order valence-corrected chi connectivity index (χ2v) is 23.0. The largest absolute Gasteiger partial charge is 0.457 e. The summed E-state index contributed by atoms with van der Waals surface area (Å²) in [6.45, 7) is 14.8. The Balaban J connectivity index is 0.895. The van der Waals surface area contributed by atoms with Crippen molar-refractivity contribution in [3.8, 4) is 0 Å². The lowest BCUT2D eigenvalue weighted by atomic mass is 9.47. The van der Waals surface area contributed by atoms with Crippen molar-refractivity contribution in [3.05, 3.63) is 11.6 Å². The van der Waals surface area contributed by atoms with Crippen LogP contribution in [0.2, 0.25) is 0 Å². The summed E-state index contributed by atoms with van der Waals surface area (Å²) in [5, 5.41) is 77.5. The summed E-state index contributed by atoms with van der Waals surface area (Å²) in [6.07, 6.45) is -8.05. The van der Waals surface area contributed by atoms with E-state index < -0.39 is 110 Å². The molecule has 9 aliphatic rings. The lowest BCUT2D eigenvalue weighted by Gasteiger charge is -2.58. The van der Waals surface area contributed by atoms with Gasteiger partial charge in [0.05, 0.1) is 37.6 Å². The van der Waals surface area contributed by atoms with Crippen LogP contribution in [0.25, 0.3) is 0 Å². The molecule has 4 aliphatic carbocycles. The zero-order chi connectivity index (χ0) is 48.6. The molecule has 0 unspecified atom stereocenters. The summed E-state index contributed by atoms with van der Waals surface area (Å²) >= 11 is 0. The van der Waals surface area contributed by atoms with Crippen LogP contribution in [0, 0.1) is 46.3 Å². The predicted octanol–water partition coefficient (Wildman–Crippen LogP) is 3.37. The molecule has 5 aliphatic heterocycles. The Morgan fingerprint density at radius 1 is 0.750 bits per heavy atom. The first-order valence-corrected chi connectivity index (χ1v) is 26.2. The highest BCUT2D eigenvalue weighted by Crippen LogP contribution is 2.70. The SMILES string of the molecule is CCCCCC(=O)O[C@H]1[C@H](O)[C@H](O)[C@@H](O[C@H]2[C@H](O)[C@@H](O[C@H]3O[C@H](C)[C@@H](O)[C@H](O)[C@@H]3O)[C@H](O[C@H]3CC[C@@]4(C)C(=CC[C@H]5[C@@H]6C[C@@H]7O[C@]8(CC[C@@H](C)CO8)[C@@H](C)[C@@H]7[C@@]6(C)CC[C@@H]54)C3)O[C@@H]2CO)O[C@@H]1C. The van der Waals surface area contributed by atoms with Crippen molar-refractivity contribution in [1.29, 1.82) is 0 Å². The number of hydrogen-bond acceptors (Lipinski definition) is 17. The minimum atomic E-state index is -1.74. The van der Waals surface area contributed by atoms with Gasteiger partial charge in [0.1, 0.15) is 54.9 Å². The average Bonchev–Trinajstić information content (AvgIpc) is 3.76. The quantitative estimate of drug-likeness (QED) is 0.0843. The number of ether oxygens (including phenoxy) is 9. The van der Waals surface area contributed by atoms with Gasteiger partial charge in [-0.2, -0.15) is 0 Å². The molecule has 26 atom stereocenters. The van der Waals surface area contributed by atoms with E-state index in [1.54, 1.807) is 6.92 Å². The van der Waals surface area contributed by atoms with Crippen LogP contribution in [0.15, 0.2) is 11.6 Å². The Morgan fingerprint density at radius 2 is 1.47 bits per heavy atom. The number of hydrogen-bond donors (Lipinski definition) is 7. The van der Waals surface area contributed by atoms with Crippen LogP contribution < -0.4 is 0 Å². The number of aliphatic hydroxyl groups is 7. The molecule has 1 spiro atoms. The number of carbonyl (C=O) groups excluding carboxylic acids is 1. The fourth-order valence-corrected chi connectivity index (χ4v) is 14.9. The molecular weight excluding hydrogens is 885 g/mol. The van der Waals surface area contributed by atoms with E-state index in [2.05, 4.69) is 33.8 Å². The van der Waals surface area contributed by atoms with Gasteiger partial charge in [0, 0.05) is 18.8 Å². The van der Waals surface area contributed by atoms with Gasteiger partial charge in [-0.1, -0.05) is 59.1 Å². The summed E-state index contributed by atoms with van der Waals surface area (Å²) in [4.78, 5) is 12.6. The topological polar surface area (TPSA) is 242 Å². The van der Waals surface area contributed by atoms with Crippen LogP contribution in [0.5, 0.6) is 0 Å². The third-order valence-corrected chi connectivity index (χ3v) is 18.9. The highest BCUT2D eigenvalue weighted by Gasteiger charge is 2.69. The van der Waals surface area contributed by atoms with Gasteiger partial charge in [-0.05, 0) is 112 Å². The molecule has 388 valence electrons. The fourth-order valence-electron chi connectivity index (χ4n) is 14.9. The number of allylic oxidation sites excluding steroid dienone is 1. The summed E-state index contributed by atoms with van der Waals surface area (Å²) in [5.74, 6) is 2.04. The molecule has 0 aromatic carbocycles. The maximum absolute atomic E-state index is 12.6. The molecule has 7 N–H and O–H groups in total. The summed E-state index contributed by atoms with van der Waals surface area (Å²) in [5.41, 5.74) is 1.50. The van der Waals surface area contributed by atoms with E-state index in [0.717, 1.165) is 64.4 Å². The number of carbonyl (C=O) groups is 1. The van der Waals surface area contributed by atoms with Crippen LogP contribution in [0.3, 0.4) is 0 Å². The van der Waals surface area contributed by atoms with Crippen molar-refractivity contribution in [2.75, 3.05) is 13.2 Å². The number of rotatable bonds is 12. The molecule has 0 aromatic heterocycles. The van der Waals surface area contributed by atoms with Gasteiger partial charge >= 0.3 is 5.97 Å². The smallest absolute Gasteiger partial charge is 0.306 e. The molecular formula is C51H82O17. The van der Waals surface area contributed by atoms with Crippen LogP contribution >= 0.6 is 0 Å². The Labute approximate surface area is 401 Å². The van der Waals surface area contributed by atoms with Gasteiger partial charge in [-0.3, -0.25) is 4.79 Å². The van der Waals surface area contributed by atoms with Gasteiger partial charge in [0.2, 0.25) is 0 Å². The maximum atomic E-state index is 12.6. The number of aliphatic hydroxyl groups excluding tert-OH is 7. The first kappa shape index (κ1) is 51.5. The lowest BCUT2D eigenvalue weighted by Crippen LogP contribution is -2.66. The van der Waals surface area contributed by atoms with Crippen molar-refractivity contribution in [1.82, 2.24) is 0 Å². The van der Waals surface area contributed by atoms with Crippen LogP contribution in [-0.4, -0.2) is 165 Å². The van der Waals surface area contributed by atoms with Gasteiger partial charge in [-0.15, -0.1) is 0 Å². The molecule has 17 heteroatoms. The molecule has 9 rings (SSSR count). The molecule has 0 radical (unpaired) electrons. The molecule has 0 amide bonds. The summed E-state index contributed by atoms with van der Waals surface area (Å²) in [6, 6.07) is 0. The van der Waals surface area contributed by atoms with Crippen molar-refractivity contribution in [3.63, 3.8) is 0 Å². The van der Waals surface area contributed by atoms with Crippen molar-refractivity contribution in [2.24, 2.45) is 46.3 Å².